The van der Waals surface area contributed by atoms with Crippen LogP contribution in [0.1, 0.15) is 50.5 Å². The molecule has 0 atom stereocenters. The third kappa shape index (κ3) is 4.86. The van der Waals surface area contributed by atoms with Gasteiger partial charge in [0.2, 0.25) is 0 Å². The fourth-order valence-corrected chi connectivity index (χ4v) is 4.81. The zero-order valence-electron chi connectivity index (χ0n) is 16.8. The van der Waals surface area contributed by atoms with E-state index < -0.39 is 0 Å². The van der Waals surface area contributed by atoms with Gasteiger partial charge in [-0.05, 0) is 67.7 Å². The number of anilines is 2. The summed E-state index contributed by atoms with van der Waals surface area (Å²) >= 11 is 5.54. The van der Waals surface area contributed by atoms with Gasteiger partial charge in [-0.1, -0.05) is 31.4 Å². The number of nitrogens with zero attached hydrogens (tertiary/aromatic N) is 2. The molecule has 1 aliphatic heterocycles. The van der Waals surface area contributed by atoms with Crippen molar-refractivity contribution in [2.24, 2.45) is 0 Å². The van der Waals surface area contributed by atoms with Gasteiger partial charge in [0.15, 0.2) is 5.11 Å². The molecule has 29 heavy (non-hydrogen) atoms. The summed E-state index contributed by atoms with van der Waals surface area (Å²) < 4.78 is 13.4. The Hall–Kier alpha value is -2.21. The summed E-state index contributed by atoms with van der Waals surface area (Å²) in [6, 6.07) is 11.1. The maximum absolute atomic E-state index is 13.4. The van der Waals surface area contributed by atoms with E-state index >= 15 is 0 Å². The number of rotatable bonds is 5. The fourth-order valence-electron chi connectivity index (χ4n) is 4.62. The van der Waals surface area contributed by atoms with E-state index in [0.717, 1.165) is 44.0 Å². The van der Waals surface area contributed by atoms with Crippen LogP contribution in [0.2, 0.25) is 0 Å². The third-order valence-electron chi connectivity index (χ3n) is 6.29. The zero-order chi connectivity index (χ0) is 20.1. The Bertz CT molecular complexity index is 810. The Labute approximate surface area is 177 Å². The third-order valence-corrected chi connectivity index (χ3v) is 6.54. The highest BCUT2D eigenvalue weighted by Gasteiger charge is 2.34. The fraction of sp³-hybridized carbons (Fsp3) is 0.478. The topological polar surface area (TPSA) is 40.2 Å². The van der Waals surface area contributed by atoms with E-state index in [4.69, 9.17) is 12.2 Å². The molecular weight excluding hydrogens is 383 g/mol. The van der Waals surface area contributed by atoms with Crippen molar-refractivity contribution in [3.05, 3.63) is 54.0 Å². The molecule has 2 aliphatic rings. The molecule has 0 unspecified atom stereocenters. The summed E-state index contributed by atoms with van der Waals surface area (Å²) in [5, 5.41) is 7.27. The van der Waals surface area contributed by atoms with Gasteiger partial charge in [0.05, 0.1) is 11.9 Å². The van der Waals surface area contributed by atoms with Gasteiger partial charge in [-0.3, -0.25) is 0 Å². The van der Waals surface area contributed by atoms with Crippen molar-refractivity contribution < 1.29 is 4.39 Å². The summed E-state index contributed by atoms with van der Waals surface area (Å²) in [6.07, 6.45) is 10.2. The molecule has 2 N–H and O–H groups in total. The number of thiocarbonyl (C=S) groups is 1. The first-order chi connectivity index (χ1) is 14.1. The summed E-state index contributed by atoms with van der Waals surface area (Å²) in [5.74, 6) is 0.846. The Morgan fingerprint density at radius 1 is 1.00 bits per heavy atom. The first-order valence-electron chi connectivity index (χ1n) is 10.7. The number of nitrogens with one attached hydrogen (secondary N) is 2. The largest absolute Gasteiger partial charge is 0.362 e. The number of hydrogen-bond donors (Lipinski definition) is 2. The van der Waals surface area contributed by atoms with Crippen LogP contribution in [0, 0.1) is 5.82 Å². The van der Waals surface area contributed by atoms with E-state index in [2.05, 4.69) is 26.6 Å². The highest BCUT2D eigenvalue weighted by molar-refractivity contribution is 7.80. The number of halogens is 1. The lowest BCUT2D eigenvalue weighted by atomic mass is 9.69. The minimum atomic E-state index is -0.185. The predicted molar refractivity (Wildman–Crippen MR) is 121 cm³/mol. The highest BCUT2D eigenvalue weighted by Crippen LogP contribution is 2.39. The molecule has 2 heterocycles. The van der Waals surface area contributed by atoms with Gasteiger partial charge in [-0.25, -0.2) is 9.37 Å². The lowest BCUT2D eigenvalue weighted by Crippen LogP contribution is -2.43. The average molecular weight is 413 g/mol. The van der Waals surface area contributed by atoms with Gasteiger partial charge in [-0.15, -0.1) is 0 Å². The molecule has 2 aromatic rings. The molecule has 6 heteroatoms. The minimum Gasteiger partial charge on any atom is -0.362 e. The summed E-state index contributed by atoms with van der Waals surface area (Å²) in [5.41, 5.74) is 2.10. The van der Waals surface area contributed by atoms with Crippen molar-refractivity contribution in [2.75, 3.05) is 29.9 Å². The molecule has 1 saturated carbocycles. The van der Waals surface area contributed by atoms with Gasteiger partial charge < -0.3 is 15.5 Å². The zero-order valence-corrected chi connectivity index (χ0v) is 17.6. The van der Waals surface area contributed by atoms with Gasteiger partial charge in [0.25, 0.3) is 0 Å². The van der Waals surface area contributed by atoms with E-state index in [1.165, 1.54) is 37.7 Å². The Kier molecular flexibility index (Phi) is 6.28. The summed E-state index contributed by atoms with van der Waals surface area (Å²) in [6.45, 7) is 2.93. The number of pyridine rings is 1. The quantitative estimate of drug-likeness (QED) is 0.676. The van der Waals surface area contributed by atoms with Crippen LogP contribution in [0.4, 0.5) is 15.9 Å². The summed E-state index contributed by atoms with van der Waals surface area (Å²) in [4.78, 5) is 6.89. The molecule has 0 amide bonds. The van der Waals surface area contributed by atoms with Gasteiger partial charge in [0.1, 0.15) is 11.6 Å². The smallest absolute Gasteiger partial charge is 0.170 e. The van der Waals surface area contributed by atoms with Crippen molar-refractivity contribution >= 4 is 28.8 Å². The molecule has 4 nitrogen and oxygen atoms in total. The molecule has 1 aromatic carbocycles. The van der Waals surface area contributed by atoms with Gasteiger partial charge >= 0.3 is 0 Å². The lowest BCUT2D eigenvalue weighted by Gasteiger charge is -2.38. The molecule has 2 fully saturated rings. The van der Waals surface area contributed by atoms with Crippen LogP contribution in [-0.4, -0.2) is 29.7 Å². The minimum absolute atomic E-state index is 0.00947. The second kappa shape index (κ2) is 9.08. The SMILES string of the molecule is Fc1ccc(C2(CNC(=S)Nc3ccc(N4CCCC4)nc3)CCCCC2)cc1. The average Bonchev–Trinajstić information content (AvgIpc) is 3.29. The van der Waals surface area contributed by atoms with Gasteiger partial charge in [0, 0.05) is 25.0 Å². The molecule has 1 saturated heterocycles. The lowest BCUT2D eigenvalue weighted by molar-refractivity contribution is 0.292. The molecule has 1 aromatic heterocycles. The van der Waals surface area contributed by atoms with Crippen molar-refractivity contribution in [3.8, 4) is 0 Å². The second-order valence-electron chi connectivity index (χ2n) is 8.25. The Morgan fingerprint density at radius 3 is 2.38 bits per heavy atom. The molecular formula is C23H29FN4S. The number of aromatic nitrogens is 1. The molecule has 4 rings (SSSR count). The number of hydrogen-bond acceptors (Lipinski definition) is 3. The van der Waals surface area contributed by atoms with E-state index in [1.807, 2.05) is 24.4 Å². The molecule has 0 radical (unpaired) electrons. The van der Waals surface area contributed by atoms with E-state index in [0.29, 0.717) is 5.11 Å². The first kappa shape index (κ1) is 20.1. The van der Waals surface area contributed by atoms with Crippen LogP contribution < -0.4 is 15.5 Å². The normalized spacial score (nSPS) is 18.4. The van der Waals surface area contributed by atoms with Gasteiger partial charge in [-0.2, -0.15) is 0 Å². The first-order valence-corrected chi connectivity index (χ1v) is 11.1. The molecule has 0 bridgehead atoms. The number of benzene rings is 1. The van der Waals surface area contributed by atoms with E-state index in [9.17, 15) is 4.39 Å². The molecule has 154 valence electrons. The summed E-state index contributed by atoms with van der Waals surface area (Å²) in [7, 11) is 0. The van der Waals surface area contributed by atoms with E-state index in [1.54, 1.807) is 12.1 Å². The van der Waals surface area contributed by atoms with Crippen LogP contribution in [-0.2, 0) is 5.41 Å². The standard InChI is InChI=1S/C23H29FN4S/c24-19-8-6-18(7-9-19)23(12-2-1-3-13-23)17-26-22(29)27-20-10-11-21(25-16-20)28-14-4-5-15-28/h6-11,16H,1-5,12-15,17H2,(H2,26,27,29). The second-order valence-corrected chi connectivity index (χ2v) is 8.66. The monoisotopic (exact) mass is 412 g/mol. The van der Waals surface area contributed by atoms with E-state index in [-0.39, 0.29) is 11.2 Å². The van der Waals surface area contributed by atoms with Crippen LogP contribution in [0.25, 0.3) is 0 Å². The molecule has 0 spiro atoms. The maximum Gasteiger partial charge on any atom is 0.170 e. The van der Waals surface area contributed by atoms with Crippen molar-refractivity contribution in [3.63, 3.8) is 0 Å². The molecule has 1 aliphatic carbocycles. The van der Waals surface area contributed by atoms with Crippen LogP contribution in [0.15, 0.2) is 42.6 Å². The van der Waals surface area contributed by atoms with Crippen LogP contribution >= 0.6 is 12.2 Å². The Morgan fingerprint density at radius 2 is 1.72 bits per heavy atom. The van der Waals surface area contributed by atoms with Crippen LogP contribution in [0.3, 0.4) is 0 Å². The van der Waals surface area contributed by atoms with Crippen molar-refractivity contribution in [1.82, 2.24) is 10.3 Å². The maximum atomic E-state index is 13.4. The predicted octanol–water partition coefficient (Wildman–Crippen LogP) is 5.01. The Balaban J connectivity index is 1.37. The highest BCUT2D eigenvalue weighted by atomic mass is 32.1. The van der Waals surface area contributed by atoms with Crippen molar-refractivity contribution in [1.29, 1.82) is 0 Å². The van der Waals surface area contributed by atoms with Crippen LogP contribution in [0.5, 0.6) is 0 Å². The van der Waals surface area contributed by atoms with Crippen molar-refractivity contribution in [2.45, 2.75) is 50.4 Å².